The minimum Gasteiger partial charge on any atom is -0.488 e. The van der Waals surface area contributed by atoms with Crippen molar-refractivity contribution in [3.63, 3.8) is 0 Å². The molecule has 4 heteroatoms. The van der Waals surface area contributed by atoms with Crippen molar-refractivity contribution in [2.45, 2.75) is 13.5 Å². The third-order valence-corrected chi connectivity index (χ3v) is 2.85. The second-order valence-corrected chi connectivity index (χ2v) is 4.52. The molecule has 0 bridgehead atoms. The van der Waals surface area contributed by atoms with Crippen LogP contribution in [0.4, 0.5) is 4.39 Å². The van der Waals surface area contributed by atoms with Crippen LogP contribution in [-0.2, 0) is 6.61 Å². The summed E-state index contributed by atoms with van der Waals surface area (Å²) in [6.45, 7) is 1.54. The summed E-state index contributed by atoms with van der Waals surface area (Å²) in [5.74, 6) is -0.692. The van der Waals surface area contributed by atoms with Crippen molar-refractivity contribution >= 4 is 17.4 Å². The predicted octanol–water partition coefficient (Wildman–Crippen LogP) is 4.26. The van der Waals surface area contributed by atoms with Crippen LogP contribution in [0.15, 0.2) is 42.5 Å². The van der Waals surface area contributed by atoms with Crippen molar-refractivity contribution in [3.05, 3.63) is 64.4 Å². The molecule has 0 aliphatic heterocycles. The summed E-state index contributed by atoms with van der Waals surface area (Å²) in [5.41, 5.74) is 0.829. The van der Waals surface area contributed by atoms with E-state index in [0.717, 1.165) is 5.56 Å². The number of carbonyl (C=O) groups excluding carboxylic acids is 1. The summed E-state index contributed by atoms with van der Waals surface area (Å²) in [4.78, 5) is 11.4. The molecule has 19 heavy (non-hydrogen) atoms. The van der Waals surface area contributed by atoms with E-state index in [1.807, 2.05) is 6.07 Å². The van der Waals surface area contributed by atoms with Crippen LogP contribution in [0.2, 0.25) is 5.02 Å². The SMILES string of the molecule is CC(=O)c1c(F)cccc1OCc1cccc(Cl)c1. The number of carbonyl (C=O) groups is 1. The first-order valence-corrected chi connectivity index (χ1v) is 6.12. The summed E-state index contributed by atoms with van der Waals surface area (Å²) >= 11 is 5.86. The van der Waals surface area contributed by atoms with Crippen molar-refractivity contribution in [1.82, 2.24) is 0 Å². The zero-order chi connectivity index (χ0) is 13.8. The van der Waals surface area contributed by atoms with Crippen LogP contribution in [0, 0.1) is 5.82 Å². The van der Waals surface area contributed by atoms with E-state index in [1.54, 1.807) is 24.3 Å². The summed E-state index contributed by atoms with van der Waals surface area (Å²) in [6, 6.07) is 11.5. The van der Waals surface area contributed by atoms with Crippen LogP contribution >= 0.6 is 11.6 Å². The molecule has 0 saturated carbocycles. The lowest BCUT2D eigenvalue weighted by Crippen LogP contribution is -2.04. The molecule has 0 fully saturated rings. The van der Waals surface area contributed by atoms with Gasteiger partial charge < -0.3 is 4.74 Å². The highest BCUT2D eigenvalue weighted by atomic mass is 35.5. The van der Waals surface area contributed by atoms with Crippen molar-refractivity contribution in [2.24, 2.45) is 0 Å². The van der Waals surface area contributed by atoms with Crippen molar-refractivity contribution < 1.29 is 13.9 Å². The lowest BCUT2D eigenvalue weighted by Gasteiger charge is -2.10. The molecule has 0 N–H and O–H groups in total. The van der Waals surface area contributed by atoms with Crippen molar-refractivity contribution in [2.75, 3.05) is 0 Å². The fraction of sp³-hybridized carbons (Fsp3) is 0.133. The number of hydrogen-bond acceptors (Lipinski definition) is 2. The molecule has 0 aromatic heterocycles. The second kappa shape index (κ2) is 5.85. The molecule has 2 aromatic carbocycles. The third kappa shape index (κ3) is 3.32. The number of benzene rings is 2. The summed E-state index contributed by atoms with van der Waals surface area (Å²) < 4.78 is 19.1. The Morgan fingerprint density at radius 2 is 2.00 bits per heavy atom. The van der Waals surface area contributed by atoms with E-state index >= 15 is 0 Å². The zero-order valence-corrected chi connectivity index (χ0v) is 11.1. The Hall–Kier alpha value is -1.87. The highest BCUT2D eigenvalue weighted by Gasteiger charge is 2.14. The van der Waals surface area contributed by atoms with Crippen LogP contribution in [0.25, 0.3) is 0 Å². The smallest absolute Gasteiger partial charge is 0.166 e. The van der Waals surface area contributed by atoms with E-state index in [9.17, 15) is 9.18 Å². The molecule has 0 heterocycles. The molecule has 98 valence electrons. The summed E-state index contributed by atoms with van der Waals surface area (Å²) in [6.07, 6.45) is 0. The lowest BCUT2D eigenvalue weighted by molar-refractivity contribution is 0.100. The maximum Gasteiger partial charge on any atom is 0.166 e. The van der Waals surface area contributed by atoms with Gasteiger partial charge in [-0.3, -0.25) is 4.79 Å². The number of halogens is 2. The van der Waals surface area contributed by atoms with Gasteiger partial charge in [-0.15, -0.1) is 0 Å². The van der Waals surface area contributed by atoms with Gasteiger partial charge >= 0.3 is 0 Å². The van der Waals surface area contributed by atoms with Gasteiger partial charge in [-0.1, -0.05) is 29.8 Å². The Labute approximate surface area is 115 Å². The van der Waals surface area contributed by atoms with Gasteiger partial charge in [0.1, 0.15) is 18.2 Å². The number of ether oxygens (including phenoxy) is 1. The number of ketones is 1. The van der Waals surface area contributed by atoms with E-state index in [0.29, 0.717) is 5.02 Å². The third-order valence-electron chi connectivity index (χ3n) is 2.61. The largest absolute Gasteiger partial charge is 0.488 e. The van der Waals surface area contributed by atoms with E-state index in [-0.39, 0.29) is 23.7 Å². The van der Waals surface area contributed by atoms with E-state index < -0.39 is 5.82 Å². The topological polar surface area (TPSA) is 26.3 Å². The Balaban J connectivity index is 2.20. The molecule has 0 unspecified atom stereocenters. The van der Waals surface area contributed by atoms with Crippen molar-refractivity contribution in [3.8, 4) is 5.75 Å². The highest BCUT2D eigenvalue weighted by molar-refractivity contribution is 6.30. The molecule has 0 aliphatic carbocycles. The average molecular weight is 279 g/mol. The van der Waals surface area contributed by atoms with Crippen LogP contribution in [0.1, 0.15) is 22.8 Å². The Kier molecular flexibility index (Phi) is 4.17. The van der Waals surface area contributed by atoms with E-state index in [4.69, 9.17) is 16.3 Å². The fourth-order valence-corrected chi connectivity index (χ4v) is 1.97. The Bertz CT molecular complexity index is 611. The Morgan fingerprint density at radius 3 is 2.68 bits per heavy atom. The fourth-order valence-electron chi connectivity index (χ4n) is 1.75. The van der Waals surface area contributed by atoms with Crippen LogP contribution in [-0.4, -0.2) is 5.78 Å². The summed E-state index contributed by atoms with van der Waals surface area (Å²) in [7, 11) is 0. The van der Waals surface area contributed by atoms with Gasteiger partial charge in [0.25, 0.3) is 0 Å². The Morgan fingerprint density at radius 1 is 1.26 bits per heavy atom. The van der Waals surface area contributed by atoms with Gasteiger partial charge in [0.05, 0.1) is 5.56 Å². The monoisotopic (exact) mass is 278 g/mol. The normalized spacial score (nSPS) is 10.3. The average Bonchev–Trinajstić information content (AvgIpc) is 2.36. The molecule has 2 nitrogen and oxygen atoms in total. The molecule has 0 aliphatic rings. The van der Waals surface area contributed by atoms with Gasteiger partial charge in [-0.25, -0.2) is 4.39 Å². The molecule has 0 amide bonds. The molecule has 2 aromatic rings. The first kappa shape index (κ1) is 13.6. The minimum absolute atomic E-state index is 0.0236. The number of rotatable bonds is 4. The maximum absolute atomic E-state index is 13.6. The van der Waals surface area contributed by atoms with E-state index in [2.05, 4.69) is 0 Å². The van der Waals surface area contributed by atoms with Gasteiger partial charge in [-0.05, 0) is 36.8 Å². The molecule has 0 atom stereocenters. The quantitative estimate of drug-likeness (QED) is 0.781. The first-order chi connectivity index (χ1) is 9.08. The minimum atomic E-state index is -0.573. The standard InChI is InChI=1S/C15H12ClFO2/c1-10(18)15-13(17)6-3-7-14(15)19-9-11-4-2-5-12(16)8-11/h2-8H,9H2,1H3. The van der Waals surface area contributed by atoms with Crippen molar-refractivity contribution in [1.29, 1.82) is 0 Å². The lowest BCUT2D eigenvalue weighted by atomic mass is 10.1. The van der Waals surface area contributed by atoms with Crippen LogP contribution in [0.5, 0.6) is 5.75 Å². The maximum atomic E-state index is 13.6. The van der Waals surface area contributed by atoms with Gasteiger partial charge in [0, 0.05) is 5.02 Å². The molecular weight excluding hydrogens is 267 g/mol. The number of Topliss-reactive ketones (excluding diaryl/α,β-unsaturated/α-hetero) is 1. The van der Waals surface area contributed by atoms with Crippen LogP contribution in [0.3, 0.4) is 0 Å². The first-order valence-electron chi connectivity index (χ1n) is 5.74. The van der Waals surface area contributed by atoms with Gasteiger partial charge in [0.15, 0.2) is 5.78 Å². The molecule has 0 spiro atoms. The van der Waals surface area contributed by atoms with Crippen LogP contribution < -0.4 is 4.74 Å². The molecule has 0 radical (unpaired) electrons. The number of hydrogen-bond donors (Lipinski definition) is 0. The van der Waals surface area contributed by atoms with Gasteiger partial charge in [0.2, 0.25) is 0 Å². The van der Waals surface area contributed by atoms with E-state index in [1.165, 1.54) is 19.1 Å². The van der Waals surface area contributed by atoms with Gasteiger partial charge in [-0.2, -0.15) is 0 Å². The molecule has 0 saturated heterocycles. The molecular formula is C15H12ClFO2. The zero-order valence-electron chi connectivity index (χ0n) is 10.3. The highest BCUT2D eigenvalue weighted by Crippen LogP contribution is 2.23. The molecule has 2 rings (SSSR count). The predicted molar refractivity (Wildman–Crippen MR) is 72.2 cm³/mol. The summed E-state index contributed by atoms with van der Waals surface area (Å²) in [5, 5.41) is 0.604. The second-order valence-electron chi connectivity index (χ2n) is 4.09.